The average Bonchev–Trinajstić information content (AvgIpc) is 2.55. The van der Waals surface area contributed by atoms with Crippen LogP contribution in [0.1, 0.15) is 18.9 Å². The third-order valence-electron chi connectivity index (χ3n) is 3.04. The molecule has 7 heteroatoms. The first-order valence-corrected chi connectivity index (χ1v) is 7.44. The van der Waals surface area contributed by atoms with Crippen LogP contribution in [0.15, 0.2) is 36.4 Å². The predicted molar refractivity (Wildman–Crippen MR) is 85.6 cm³/mol. The highest BCUT2D eigenvalue weighted by Gasteiger charge is 2.27. The van der Waals surface area contributed by atoms with Crippen molar-refractivity contribution in [1.82, 2.24) is 10.3 Å². The molecule has 1 aromatic carbocycles. The number of aromatic nitrogens is 1. The molecule has 1 amide bonds. The molecule has 0 saturated heterocycles. The Morgan fingerprint density at radius 2 is 2.08 bits per heavy atom. The molecule has 2 aromatic rings. The van der Waals surface area contributed by atoms with Crippen LogP contribution in [0.3, 0.4) is 0 Å². The van der Waals surface area contributed by atoms with Crippen LogP contribution < -0.4 is 10.1 Å². The number of pyridine rings is 1. The number of nitrogens with zero attached hydrogens (tertiary/aromatic N) is 1. The van der Waals surface area contributed by atoms with Crippen LogP contribution in [0, 0.1) is 0 Å². The molecule has 0 radical (unpaired) electrons. The van der Waals surface area contributed by atoms with Crippen molar-refractivity contribution in [3.05, 3.63) is 42.0 Å². The lowest BCUT2D eigenvalue weighted by atomic mass is 10.1. The Morgan fingerprint density at radius 3 is 2.79 bits per heavy atom. The van der Waals surface area contributed by atoms with Crippen molar-refractivity contribution < 1.29 is 22.7 Å². The van der Waals surface area contributed by atoms with E-state index in [9.17, 15) is 18.0 Å². The molecule has 4 nitrogen and oxygen atoms in total. The van der Waals surface area contributed by atoms with E-state index in [0.717, 1.165) is 23.4 Å². The lowest BCUT2D eigenvalue weighted by Gasteiger charge is -2.09. The molecule has 128 valence electrons. The first-order valence-electron chi connectivity index (χ1n) is 7.44. The van der Waals surface area contributed by atoms with Gasteiger partial charge in [0.2, 0.25) is 11.8 Å². The average molecular weight is 338 g/mol. The maximum atomic E-state index is 12.1. The fourth-order valence-corrected chi connectivity index (χ4v) is 1.96. The number of amides is 1. The Hall–Kier alpha value is -2.57. The van der Waals surface area contributed by atoms with Crippen LogP contribution in [0.4, 0.5) is 13.2 Å². The molecule has 0 unspecified atom stereocenters. The summed E-state index contributed by atoms with van der Waals surface area (Å²) in [5.41, 5.74) is 1.27. The molecule has 24 heavy (non-hydrogen) atoms. The van der Waals surface area contributed by atoms with Gasteiger partial charge >= 0.3 is 6.18 Å². The SMILES string of the molecule is CCCOc1nc2ccccc2cc1C=CC(=O)NCC(F)(F)F. The highest BCUT2D eigenvalue weighted by atomic mass is 19.4. The zero-order chi connectivity index (χ0) is 17.6. The summed E-state index contributed by atoms with van der Waals surface area (Å²) in [5.74, 6) is -0.489. The Kier molecular flexibility index (Phi) is 5.78. The van der Waals surface area contributed by atoms with Crippen LogP contribution in [0.25, 0.3) is 17.0 Å². The Morgan fingerprint density at radius 1 is 1.33 bits per heavy atom. The second-order valence-electron chi connectivity index (χ2n) is 5.09. The number of ether oxygens (including phenoxy) is 1. The van der Waals surface area contributed by atoms with Gasteiger partial charge in [-0.05, 0) is 24.6 Å². The minimum Gasteiger partial charge on any atom is -0.477 e. The van der Waals surface area contributed by atoms with E-state index in [1.165, 1.54) is 6.08 Å². The molecule has 0 fully saturated rings. The van der Waals surface area contributed by atoms with Crippen molar-refractivity contribution in [3.63, 3.8) is 0 Å². The van der Waals surface area contributed by atoms with Gasteiger partial charge < -0.3 is 10.1 Å². The number of benzene rings is 1. The van der Waals surface area contributed by atoms with Crippen molar-refractivity contribution >= 4 is 22.9 Å². The van der Waals surface area contributed by atoms with E-state index in [1.54, 1.807) is 11.4 Å². The maximum Gasteiger partial charge on any atom is 0.405 e. The highest BCUT2D eigenvalue weighted by Crippen LogP contribution is 2.23. The molecule has 0 saturated carbocycles. The maximum absolute atomic E-state index is 12.1. The first-order chi connectivity index (χ1) is 11.4. The summed E-state index contributed by atoms with van der Waals surface area (Å²) < 4.78 is 41.8. The van der Waals surface area contributed by atoms with E-state index in [4.69, 9.17) is 4.74 Å². The molecule has 1 N–H and O–H groups in total. The van der Waals surface area contributed by atoms with Gasteiger partial charge in [0.15, 0.2) is 0 Å². The van der Waals surface area contributed by atoms with Crippen molar-refractivity contribution in [2.75, 3.05) is 13.2 Å². The topological polar surface area (TPSA) is 51.2 Å². The number of carbonyl (C=O) groups excluding carboxylic acids is 1. The Balaban J connectivity index is 2.21. The molecule has 2 rings (SSSR count). The quantitative estimate of drug-likeness (QED) is 0.817. The zero-order valence-electron chi connectivity index (χ0n) is 13.1. The molecule has 0 aliphatic rings. The molecule has 0 atom stereocenters. The minimum atomic E-state index is -4.44. The van der Waals surface area contributed by atoms with Crippen LogP contribution in [-0.2, 0) is 4.79 Å². The molecule has 1 aromatic heterocycles. The van der Waals surface area contributed by atoms with Gasteiger partial charge in [0.25, 0.3) is 0 Å². The number of carbonyl (C=O) groups is 1. The number of halogens is 3. The van der Waals surface area contributed by atoms with Crippen LogP contribution in [0.5, 0.6) is 5.88 Å². The summed E-state index contributed by atoms with van der Waals surface area (Å²) in [6.07, 6.45) is -1.22. The normalized spacial score (nSPS) is 11.8. The molecular formula is C17H17F3N2O2. The fourth-order valence-electron chi connectivity index (χ4n) is 1.96. The second-order valence-corrected chi connectivity index (χ2v) is 5.09. The number of alkyl halides is 3. The number of para-hydroxylation sites is 1. The largest absolute Gasteiger partial charge is 0.477 e. The lowest BCUT2D eigenvalue weighted by Crippen LogP contribution is -2.32. The summed E-state index contributed by atoms with van der Waals surface area (Å²) in [7, 11) is 0. The summed E-state index contributed by atoms with van der Waals surface area (Å²) in [6.45, 7) is 1.03. The van der Waals surface area contributed by atoms with E-state index >= 15 is 0 Å². The summed E-state index contributed by atoms with van der Waals surface area (Å²) in [6, 6.07) is 9.16. The van der Waals surface area contributed by atoms with Gasteiger partial charge in [-0.15, -0.1) is 0 Å². The van der Waals surface area contributed by atoms with E-state index in [-0.39, 0.29) is 0 Å². The van der Waals surface area contributed by atoms with Gasteiger partial charge in [-0.25, -0.2) is 4.98 Å². The van der Waals surface area contributed by atoms with Crippen molar-refractivity contribution in [3.8, 4) is 5.88 Å². The Bertz CT molecular complexity index is 742. The van der Waals surface area contributed by atoms with E-state index in [2.05, 4.69) is 4.98 Å². The number of rotatable bonds is 6. The molecular weight excluding hydrogens is 321 g/mol. The van der Waals surface area contributed by atoms with Crippen LogP contribution in [0.2, 0.25) is 0 Å². The number of hydrogen-bond donors (Lipinski definition) is 1. The van der Waals surface area contributed by atoms with Crippen molar-refractivity contribution in [1.29, 1.82) is 0 Å². The zero-order valence-corrected chi connectivity index (χ0v) is 13.1. The highest BCUT2D eigenvalue weighted by molar-refractivity contribution is 5.93. The van der Waals surface area contributed by atoms with Gasteiger partial charge in [0.1, 0.15) is 6.54 Å². The smallest absolute Gasteiger partial charge is 0.405 e. The second kappa shape index (κ2) is 7.81. The fraction of sp³-hybridized carbons (Fsp3) is 0.294. The van der Waals surface area contributed by atoms with E-state index in [0.29, 0.717) is 18.1 Å². The summed E-state index contributed by atoms with van der Waals surface area (Å²) in [5, 5.41) is 2.62. The Labute approximate surface area is 137 Å². The lowest BCUT2D eigenvalue weighted by molar-refractivity contribution is -0.135. The van der Waals surface area contributed by atoms with Gasteiger partial charge in [-0.1, -0.05) is 25.1 Å². The molecule has 0 bridgehead atoms. The molecule has 0 aliphatic carbocycles. The van der Waals surface area contributed by atoms with Gasteiger partial charge in [-0.2, -0.15) is 13.2 Å². The predicted octanol–water partition coefficient (Wildman–Crippen LogP) is 3.72. The summed E-state index contributed by atoms with van der Waals surface area (Å²) >= 11 is 0. The number of hydrogen-bond acceptors (Lipinski definition) is 3. The monoisotopic (exact) mass is 338 g/mol. The van der Waals surface area contributed by atoms with E-state index in [1.807, 2.05) is 31.2 Å². The van der Waals surface area contributed by atoms with Gasteiger partial charge in [0, 0.05) is 17.0 Å². The van der Waals surface area contributed by atoms with E-state index < -0.39 is 18.6 Å². The number of fused-ring (bicyclic) bond motifs is 1. The standard InChI is InChI=1S/C17H17F3N2O2/c1-2-9-24-16-13(7-8-15(23)21-11-17(18,19)20)10-12-5-3-4-6-14(12)22-16/h3-8,10H,2,9,11H2,1H3,(H,21,23). The number of nitrogens with one attached hydrogen (secondary N) is 1. The van der Waals surface area contributed by atoms with Crippen LogP contribution in [-0.4, -0.2) is 30.2 Å². The third-order valence-corrected chi connectivity index (χ3v) is 3.04. The molecule has 0 aliphatic heterocycles. The minimum absolute atomic E-state index is 0.343. The van der Waals surface area contributed by atoms with Gasteiger partial charge in [0.05, 0.1) is 12.1 Å². The molecule has 1 heterocycles. The third kappa shape index (κ3) is 5.26. The molecule has 0 spiro atoms. The van der Waals surface area contributed by atoms with Crippen molar-refractivity contribution in [2.45, 2.75) is 19.5 Å². The summed E-state index contributed by atoms with van der Waals surface area (Å²) in [4.78, 5) is 15.9. The van der Waals surface area contributed by atoms with Gasteiger partial charge in [-0.3, -0.25) is 4.79 Å². The van der Waals surface area contributed by atoms with Crippen LogP contribution >= 0.6 is 0 Å². The first kappa shape index (κ1) is 17.8. The van der Waals surface area contributed by atoms with Crippen molar-refractivity contribution in [2.24, 2.45) is 0 Å².